The smallest absolute Gasteiger partial charge is 0.148 e. The summed E-state index contributed by atoms with van der Waals surface area (Å²) in [5, 5.41) is 0. The maximum Gasteiger partial charge on any atom is 0.148 e. The molecule has 2 heteroatoms. The molecule has 1 atom stereocenters. The van der Waals surface area contributed by atoms with Crippen molar-refractivity contribution in [3.63, 3.8) is 0 Å². The summed E-state index contributed by atoms with van der Waals surface area (Å²) in [4.78, 5) is 9.66. The lowest BCUT2D eigenvalue weighted by Gasteiger charge is -2.19. The summed E-state index contributed by atoms with van der Waals surface area (Å²) in [6.07, 6.45) is 1.69. The monoisotopic (exact) mass is 86.0 g/mol. The first-order valence-corrected chi connectivity index (χ1v) is 2.00. The van der Waals surface area contributed by atoms with Crippen LogP contribution in [-0.4, -0.2) is 19.0 Å². The van der Waals surface area contributed by atoms with E-state index in [0.717, 1.165) is 19.3 Å². The first-order chi connectivity index (χ1) is 2.93. The van der Waals surface area contributed by atoms with E-state index in [1.165, 1.54) is 0 Å². The summed E-state index contributed by atoms with van der Waals surface area (Å²) in [6, 6.07) is 0. The van der Waals surface area contributed by atoms with Gasteiger partial charge in [0, 0.05) is 6.42 Å². The lowest BCUT2D eigenvalue weighted by Crippen LogP contribution is -2.27. The first-order valence-electron chi connectivity index (χ1n) is 2.00. The molecular weight excluding hydrogens is 80.0 g/mol. The average Bonchev–Trinajstić information content (AvgIpc) is 1.31. The number of carbonyl (C=O) groups excluding carboxylic acids is 1. The van der Waals surface area contributed by atoms with Gasteiger partial charge in [-0.1, -0.05) is 0 Å². The Balaban J connectivity index is 2.16. The third-order valence-corrected chi connectivity index (χ3v) is 0.886. The molecule has 1 rings (SSSR count). The van der Waals surface area contributed by atoms with Gasteiger partial charge in [0.2, 0.25) is 0 Å². The highest BCUT2D eigenvalue weighted by molar-refractivity contribution is 5.56. The highest BCUT2D eigenvalue weighted by atomic mass is 16.5. The van der Waals surface area contributed by atoms with Crippen molar-refractivity contribution in [2.75, 3.05) is 6.61 Å². The van der Waals surface area contributed by atoms with Crippen molar-refractivity contribution >= 4 is 6.29 Å². The molecule has 0 aliphatic carbocycles. The lowest BCUT2D eigenvalue weighted by atomic mass is 10.2. The van der Waals surface area contributed by atoms with E-state index in [1.54, 1.807) is 0 Å². The largest absolute Gasteiger partial charge is 0.371 e. The molecule has 0 aromatic rings. The molecule has 6 heavy (non-hydrogen) atoms. The SMILES string of the molecule is O=CC1CCO1. The van der Waals surface area contributed by atoms with Crippen LogP contribution in [-0.2, 0) is 9.53 Å². The van der Waals surface area contributed by atoms with Crippen molar-refractivity contribution in [2.45, 2.75) is 12.5 Å². The quantitative estimate of drug-likeness (QED) is 0.419. The standard InChI is InChI=1S/C4H6O2/c5-3-4-1-2-6-4/h3-4H,1-2H2. The molecule has 1 unspecified atom stereocenters. The Kier molecular flexibility index (Phi) is 0.881. The molecule has 0 aromatic carbocycles. The molecule has 1 aliphatic rings. The van der Waals surface area contributed by atoms with Gasteiger partial charge in [0.15, 0.2) is 0 Å². The number of rotatable bonds is 1. The second-order valence-electron chi connectivity index (χ2n) is 1.33. The van der Waals surface area contributed by atoms with E-state index < -0.39 is 0 Å². The van der Waals surface area contributed by atoms with Gasteiger partial charge in [-0.2, -0.15) is 0 Å². The number of hydrogen-bond acceptors (Lipinski definition) is 2. The summed E-state index contributed by atoms with van der Waals surface area (Å²) in [6.45, 7) is 0.767. The Hall–Kier alpha value is -0.370. The van der Waals surface area contributed by atoms with E-state index in [9.17, 15) is 4.79 Å². The Morgan fingerprint density at radius 2 is 2.50 bits per heavy atom. The molecule has 0 spiro atoms. The Bertz CT molecular complexity index is 56.6. The molecule has 2 nitrogen and oxygen atoms in total. The summed E-state index contributed by atoms with van der Waals surface area (Å²) in [5.41, 5.74) is 0. The van der Waals surface area contributed by atoms with Crippen LogP contribution in [0.25, 0.3) is 0 Å². The average molecular weight is 86.1 g/mol. The topological polar surface area (TPSA) is 26.3 Å². The van der Waals surface area contributed by atoms with E-state index in [-0.39, 0.29) is 6.10 Å². The normalized spacial score (nSPS) is 31.7. The number of carbonyl (C=O) groups is 1. The molecule has 0 saturated carbocycles. The van der Waals surface area contributed by atoms with E-state index in [2.05, 4.69) is 0 Å². The van der Waals surface area contributed by atoms with Gasteiger partial charge in [0.1, 0.15) is 12.4 Å². The highest BCUT2D eigenvalue weighted by Gasteiger charge is 2.15. The molecule has 0 amide bonds. The molecule has 0 N–H and O–H groups in total. The molecule has 0 bridgehead atoms. The van der Waals surface area contributed by atoms with Gasteiger partial charge in [-0.05, 0) is 0 Å². The number of ether oxygens (including phenoxy) is 1. The van der Waals surface area contributed by atoms with Crippen LogP contribution in [0.1, 0.15) is 6.42 Å². The van der Waals surface area contributed by atoms with Gasteiger partial charge in [-0.3, -0.25) is 0 Å². The molecular formula is C4H6O2. The second-order valence-corrected chi connectivity index (χ2v) is 1.33. The highest BCUT2D eigenvalue weighted by Crippen LogP contribution is 2.05. The zero-order valence-electron chi connectivity index (χ0n) is 3.39. The van der Waals surface area contributed by atoms with Gasteiger partial charge in [-0.25, -0.2) is 0 Å². The fourth-order valence-electron chi connectivity index (χ4n) is 0.361. The van der Waals surface area contributed by atoms with Crippen molar-refractivity contribution in [1.29, 1.82) is 0 Å². The molecule has 1 aliphatic heterocycles. The van der Waals surface area contributed by atoms with Gasteiger partial charge >= 0.3 is 0 Å². The minimum absolute atomic E-state index is 0.0648. The van der Waals surface area contributed by atoms with Crippen molar-refractivity contribution in [1.82, 2.24) is 0 Å². The molecule has 0 radical (unpaired) electrons. The summed E-state index contributed by atoms with van der Waals surface area (Å²) in [7, 11) is 0. The number of aldehydes is 1. The van der Waals surface area contributed by atoms with Crippen LogP contribution < -0.4 is 0 Å². The predicted molar refractivity (Wildman–Crippen MR) is 20.4 cm³/mol. The Morgan fingerprint density at radius 1 is 1.83 bits per heavy atom. The van der Waals surface area contributed by atoms with Gasteiger partial charge in [0.05, 0.1) is 6.61 Å². The lowest BCUT2D eigenvalue weighted by molar-refractivity contribution is -0.129. The second kappa shape index (κ2) is 1.39. The summed E-state index contributed by atoms with van der Waals surface area (Å²) < 4.78 is 4.71. The van der Waals surface area contributed by atoms with Crippen LogP contribution in [0.3, 0.4) is 0 Å². The van der Waals surface area contributed by atoms with Gasteiger partial charge in [-0.15, -0.1) is 0 Å². The zero-order valence-corrected chi connectivity index (χ0v) is 3.39. The molecule has 1 heterocycles. The molecule has 1 saturated heterocycles. The van der Waals surface area contributed by atoms with Crippen molar-refractivity contribution < 1.29 is 9.53 Å². The first kappa shape index (κ1) is 3.81. The van der Waals surface area contributed by atoms with Gasteiger partial charge in [0.25, 0.3) is 0 Å². The van der Waals surface area contributed by atoms with Crippen molar-refractivity contribution in [3.05, 3.63) is 0 Å². The van der Waals surface area contributed by atoms with Crippen LogP contribution in [0.5, 0.6) is 0 Å². The van der Waals surface area contributed by atoms with E-state index in [4.69, 9.17) is 4.74 Å². The summed E-state index contributed by atoms with van der Waals surface area (Å²) in [5.74, 6) is 0. The van der Waals surface area contributed by atoms with Gasteiger partial charge < -0.3 is 9.53 Å². The third-order valence-electron chi connectivity index (χ3n) is 0.886. The number of hydrogen-bond donors (Lipinski definition) is 0. The third kappa shape index (κ3) is 0.431. The van der Waals surface area contributed by atoms with Crippen LogP contribution in [0, 0.1) is 0 Å². The molecule has 34 valence electrons. The maximum absolute atomic E-state index is 9.66. The minimum Gasteiger partial charge on any atom is -0.371 e. The van der Waals surface area contributed by atoms with Crippen molar-refractivity contribution in [3.8, 4) is 0 Å². The van der Waals surface area contributed by atoms with E-state index in [1.807, 2.05) is 0 Å². The van der Waals surface area contributed by atoms with Crippen LogP contribution in [0.2, 0.25) is 0 Å². The zero-order chi connectivity index (χ0) is 4.41. The maximum atomic E-state index is 9.66. The Morgan fingerprint density at radius 3 is 2.50 bits per heavy atom. The minimum atomic E-state index is -0.0648. The van der Waals surface area contributed by atoms with Crippen LogP contribution in [0.4, 0.5) is 0 Å². The molecule has 0 aromatic heterocycles. The fraction of sp³-hybridized carbons (Fsp3) is 0.750. The van der Waals surface area contributed by atoms with Crippen LogP contribution >= 0.6 is 0 Å². The summed E-state index contributed by atoms with van der Waals surface area (Å²) >= 11 is 0. The van der Waals surface area contributed by atoms with Crippen LogP contribution in [0.15, 0.2) is 0 Å². The predicted octanol–water partition coefficient (Wildman–Crippen LogP) is -0.0258. The Labute approximate surface area is 36.1 Å². The van der Waals surface area contributed by atoms with E-state index >= 15 is 0 Å². The van der Waals surface area contributed by atoms with E-state index in [0.29, 0.717) is 0 Å². The molecule has 1 fully saturated rings. The van der Waals surface area contributed by atoms with Crippen molar-refractivity contribution in [2.24, 2.45) is 0 Å². The fourth-order valence-corrected chi connectivity index (χ4v) is 0.361.